The molecule has 0 saturated carbocycles. The molecule has 0 saturated heterocycles. The second-order valence-electron chi connectivity index (χ2n) is 7.76. The molecule has 4 rings (SSSR count). The van der Waals surface area contributed by atoms with Gasteiger partial charge in [-0.15, -0.1) is 0 Å². The summed E-state index contributed by atoms with van der Waals surface area (Å²) in [5.74, 6) is -1.53. The Morgan fingerprint density at radius 1 is 1.00 bits per heavy atom. The first kappa shape index (κ1) is 22.1. The number of nitrogens with one attached hydrogen (secondary N) is 1. The number of carbonyl (C=O) groups is 3. The summed E-state index contributed by atoms with van der Waals surface area (Å²) in [7, 11) is 0. The minimum Gasteiger partial charge on any atom is -0.484 e. The van der Waals surface area contributed by atoms with Crippen LogP contribution in [0.1, 0.15) is 33.2 Å². The molecule has 2 atom stereocenters. The third-order valence-electron chi connectivity index (χ3n) is 5.43. The Morgan fingerprint density at radius 3 is 2.42 bits per heavy atom. The molecular formula is C26H23NO6. The average molecular weight is 445 g/mol. The number of fused-ring (bicyclic) bond motifs is 1. The number of carboxylic acids is 1. The highest BCUT2D eigenvalue weighted by Crippen LogP contribution is 2.31. The molecule has 1 aliphatic heterocycles. The number of ether oxygens (including phenoxy) is 2. The number of carboxylic acid groups (broad SMARTS) is 1. The lowest BCUT2D eigenvalue weighted by molar-refractivity contribution is -0.142. The molecule has 1 amide bonds. The molecule has 3 aromatic rings. The molecule has 7 nitrogen and oxygen atoms in total. The molecule has 2 N–H and O–H groups in total. The molecular weight excluding hydrogens is 422 g/mol. The molecule has 0 radical (unpaired) electrons. The second-order valence-corrected chi connectivity index (χ2v) is 7.76. The Hall–Kier alpha value is -4.13. The van der Waals surface area contributed by atoms with Gasteiger partial charge < -0.3 is 19.9 Å². The van der Waals surface area contributed by atoms with Crippen molar-refractivity contribution in [2.45, 2.75) is 25.0 Å². The van der Waals surface area contributed by atoms with E-state index in [2.05, 4.69) is 5.32 Å². The van der Waals surface area contributed by atoms with Gasteiger partial charge in [-0.25, -0.2) is 9.59 Å². The smallest absolute Gasteiger partial charge is 0.339 e. The number of amides is 1. The van der Waals surface area contributed by atoms with E-state index in [4.69, 9.17) is 9.47 Å². The molecule has 1 aliphatic rings. The molecule has 1 heterocycles. The minimum absolute atomic E-state index is 0.180. The van der Waals surface area contributed by atoms with Gasteiger partial charge in [-0.2, -0.15) is 0 Å². The predicted molar refractivity (Wildman–Crippen MR) is 120 cm³/mol. The highest BCUT2D eigenvalue weighted by atomic mass is 16.5. The maximum absolute atomic E-state index is 12.2. The number of esters is 1. The molecule has 0 fully saturated rings. The maximum atomic E-state index is 12.2. The topological polar surface area (TPSA) is 102 Å². The largest absolute Gasteiger partial charge is 0.484 e. The molecule has 0 aliphatic carbocycles. The maximum Gasteiger partial charge on any atom is 0.339 e. The fourth-order valence-corrected chi connectivity index (χ4v) is 3.73. The van der Waals surface area contributed by atoms with Crippen molar-refractivity contribution in [1.29, 1.82) is 0 Å². The Morgan fingerprint density at radius 2 is 1.70 bits per heavy atom. The third kappa shape index (κ3) is 5.57. The normalized spacial score (nSPS) is 15.6. The van der Waals surface area contributed by atoms with Crippen LogP contribution in [-0.4, -0.2) is 35.6 Å². The van der Waals surface area contributed by atoms with Crippen molar-refractivity contribution in [3.05, 3.63) is 101 Å². The highest BCUT2D eigenvalue weighted by molar-refractivity contribution is 5.92. The highest BCUT2D eigenvalue weighted by Gasteiger charge is 2.27. The number of aliphatic carboxylic acids is 1. The summed E-state index contributed by atoms with van der Waals surface area (Å²) in [6.07, 6.45) is 0.376. The van der Waals surface area contributed by atoms with Gasteiger partial charge in [-0.1, -0.05) is 60.7 Å². The van der Waals surface area contributed by atoms with Crippen LogP contribution in [0.25, 0.3) is 0 Å². The summed E-state index contributed by atoms with van der Waals surface area (Å²) in [5.41, 5.74) is 3.17. The van der Waals surface area contributed by atoms with Crippen LogP contribution in [0.3, 0.4) is 0 Å². The van der Waals surface area contributed by atoms with E-state index >= 15 is 0 Å². The summed E-state index contributed by atoms with van der Waals surface area (Å²) >= 11 is 0. The number of benzene rings is 3. The lowest BCUT2D eigenvalue weighted by Gasteiger charge is -2.25. The second kappa shape index (κ2) is 9.99. The first-order valence-electron chi connectivity index (χ1n) is 10.6. The number of carbonyl (C=O) groups excluding carboxylic acids is 2. The van der Waals surface area contributed by atoms with Gasteiger partial charge in [0, 0.05) is 12.8 Å². The van der Waals surface area contributed by atoms with Crippen molar-refractivity contribution in [3.63, 3.8) is 0 Å². The van der Waals surface area contributed by atoms with Gasteiger partial charge in [0.05, 0.1) is 5.56 Å². The fraction of sp³-hybridized carbons (Fsp3) is 0.192. The van der Waals surface area contributed by atoms with Crippen LogP contribution < -0.4 is 10.1 Å². The van der Waals surface area contributed by atoms with Crippen molar-refractivity contribution in [2.24, 2.45) is 0 Å². The Kier molecular flexibility index (Phi) is 6.69. The van der Waals surface area contributed by atoms with E-state index in [9.17, 15) is 19.5 Å². The van der Waals surface area contributed by atoms with Crippen molar-refractivity contribution < 1.29 is 29.0 Å². The van der Waals surface area contributed by atoms with Gasteiger partial charge in [0.25, 0.3) is 5.91 Å². The molecule has 0 aromatic heterocycles. The Balaban J connectivity index is 1.31. The standard InChI is InChI=1S/C26H23NO6/c28-24(27-22(25(29)30)14-17-6-2-1-3-7-17)16-32-20-12-10-18(11-13-20)23-15-19-8-4-5-9-21(19)26(31)33-23/h1-13,22-23H,14-16H2,(H,27,28)(H,29,30). The van der Waals surface area contributed by atoms with Gasteiger partial charge >= 0.3 is 11.9 Å². The van der Waals surface area contributed by atoms with Gasteiger partial charge in [0.1, 0.15) is 17.9 Å². The van der Waals surface area contributed by atoms with E-state index in [1.807, 2.05) is 48.5 Å². The van der Waals surface area contributed by atoms with Crippen LogP contribution in [0.5, 0.6) is 5.75 Å². The molecule has 0 bridgehead atoms. The van der Waals surface area contributed by atoms with E-state index in [0.29, 0.717) is 17.7 Å². The molecule has 33 heavy (non-hydrogen) atoms. The summed E-state index contributed by atoms with van der Waals surface area (Å²) in [6.45, 7) is -0.316. The van der Waals surface area contributed by atoms with Gasteiger partial charge in [0.15, 0.2) is 6.61 Å². The zero-order valence-corrected chi connectivity index (χ0v) is 17.8. The molecule has 0 spiro atoms. The van der Waals surface area contributed by atoms with Crippen LogP contribution in [0.15, 0.2) is 78.9 Å². The van der Waals surface area contributed by atoms with Crippen molar-refractivity contribution in [1.82, 2.24) is 5.32 Å². The van der Waals surface area contributed by atoms with Crippen LogP contribution >= 0.6 is 0 Å². The van der Waals surface area contributed by atoms with E-state index < -0.39 is 17.9 Å². The molecule has 2 unspecified atom stereocenters. The van der Waals surface area contributed by atoms with Crippen molar-refractivity contribution in [3.8, 4) is 5.75 Å². The Labute approximate surface area is 191 Å². The zero-order valence-electron chi connectivity index (χ0n) is 17.8. The zero-order chi connectivity index (χ0) is 23.2. The summed E-state index contributed by atoms with van der Waals surface area (Å²) in [6, 6.07) is 22.4. The van der Waals surface area contributed by atoms with E-state index in [1.54, 1.807) is 30.3 Å². The molecule has 168 valence electrons. The lowest BCUT2D eigenvalue weighted by atomic mass is 9.95. The number of rotatable bonds is 8. The van der Waals surface area contributed by atoms with E-state index in [-0.39, 0.29) is 25.1 Å². The lowest BCUT2D eigenvalue weighted by Crippen LogP contribution is -2.44. The summed E-state index contributed by atoms with van der Waals surface area (Å²) in [5, 5.41) is 11.9. The van der Waals surface area contributed by atoms with Crippen LogP contribution in [0, 0.1) is 0 Å². The summed E-state index contributed by atoms with van der Waals surface area (Å²) in [4.78, 5) is 36.0. The summed E-state index contributed by atoms with van der Waals surface area (Å²) < 4.78 is 11.1. The minimum atomic E-state index is -1.11. The van der Waals surface area contributed by atoms with Crippen molar-refractivity contribution in [2.75, 3.05) is 6.61 Å². The number of hydrogen-bond acceptors (Lipinski definition) is 5. The average Bonchev–Trinajstić information content (AvgIpc) is 2.83. The molecule has 3 aromatic carbocycles. The molecule has 7 heteroatoms. The number of hydrogen-bond donors (Lipinski definition) is 2. The van der Waals surface area contributed by atoms with Gasteiger partial charge in [-0.3, -0.25) is 4.79 Å². The monoisotopic (exact) mass is 445 g/mol. The Bertz CT molecular complexity index is 1140. The van der Waals surface area contributed by atoms with Gasteiger partial charge in [-0.05, 0) is 34.9 Å². The number of cyclic esters (lactones) is 1. The van der Waals surface area contributed by atoms with Gasteiger partial charge in [0.2, 0.25) is 0 Å². The van der Waals surface area contributed by atoms with E-state index in [1.165, 1.54) is 0 Å². The SMILES string of the molecule is O=C(COc1ccc(C2Cc3ccccc3C(=O)O2)cc1)NC(Cc1ccccc1)C(=O)O. The predicted octanol–water partition coefficient (Wildman–Crippen LogP) is 3.33. The quantitative estimate of drug-likeness (QED) is 0.516. The van der Waals surface area contributed by atoms with Crippen molar-refractivity contribution >= 4 is 17.8 Å². The third-order valence-corrected chi connectivity index (χ3v) is 5.43. The van der Waals surface area contributed by atoms with Crippen LogP contribution in [-0.2, 0) is 27.2 Å². The van der Waals surface area contributed by atoms with Crippen LogP contribution in [0.4, 0.5) is 0 Å². The van der Waals surface area contributed by atoms with E-state index in [0.717, 1.165) is 16.7 Å². The first-order valence-corrected chi connectivity index (χ1v) is 10.6. The van der Waals surface area contributed by atoms with Crippen LogP contribution in [0.2, 0.25) is 0 Å². The first-order chi connectivity index (χ1) is 16.0. The fourth-order valence-electron chi connectivity index (χ4n) is 3.73.